The van der Waals surface area contributed by atoms with Crippen LogP contribution < -0.4 is 20.7 Å². The number of nitrogens with one attached hydrogen (secondary N) is 1. The summed E-state index contributed by atoms with van der Waals surface area (Å²) in [5.74, 6) is -2.08. The normalized spacial score (nSPS) is 18.1. The van der Waals surface area contributed by atoms with Crippen molar-refractivity contribution in [3.63, 3.8) is 0 Å². The van der Waals surface area contributed by atoms with Crippen LogP contribution in [0.5, 0.6) is 11.5 Å². The second-order valence-electron chi connectivity index (χ2n) is 11.5. The average Bonchev–Trinajstić information content (AvgIpc) is 3.66. The van der Waals surface area contributed by atoms with Crippen LogP contribution in [-0.4, -0.2) is 64.9 Å². The van der Waals surface area contributed by atoms with Crippen molar-refractivity contribution in [3.05, 3.63) is 72.4 Å². The van der Waals surface area contributed by atoms with Crippen LogP contribution in [0, 0.1) is 17.0 Å². The molecule has 2 aromatic carbocycles. The highest BCUT2D eigenvalue weighted by molar-refractivity contribution is 6.16. The number of rotatable bonds is 8. The van der Waals surface area contributed by atoms with E-state index in [4.69, 9.17) is 10.5 Å². The van der Waals surface area contributed by atoms with Crippen LogP contribution in [0.1, 0.15) is 38.5 Å². The zero-order chi connectivity index (χ0) is 30.8. The first-order chi connectivity index (χ1) is 21.2. The number of hydrogen-bond acceptors (Lipinski definition) is 6. The van der Waals surface area contributed by atoms with Crippen LogP contribution >= 0.6 is 0 Å². The Kier molecular flexibility index (Phi) is 8.17. The number of aromatic nitrogens is 1. The van der Waals surface area contributed by atoms with Gasteiger partial charge >= 0.3 is 6.03 Å². The SMILES string of the molecule is NC(=O)C1(C(=O)N(c2ccc(F)cc2)c2ccc(Oc3ccnc(NC(=O)N4CCC(N5CCCC5)CC4)c3)cc2F)CC1. The van der Waals surface area contributed by atoms with Crippen molar-refractivity contribution in [2.45, 2.75) is 44.6 Å². The van der Waals surface area contributed by atoms with Crippen molar-refractivity contribution in [3.8, 4) is 11.5 Å². The lowest BCUT2D eigenvalue weighted by Gasteiger charge is -2.36. The topological polar surface area (TPSA) is 121 Å². The summed E-state index contributed by atoms with van der Waals surface area (Å²) in [6.07, 6.45) is 6.35. The third-order valence-electron chi connectivity index (χ3n) is 8.69. The Balaban J connectivity index is 1.14. The first-order valence-corrected chi connectivity index (χ1v) is 14.9. The second kappa shape index (κ2) is 12.2. The molecule has 10 nitrogen and oxygen atoms in total. The minimum Gasteiger partial charge on any atom is -0.457 e. The van der Waals surface area contributed by atoms with Gasteiger partial charge in [-0.2, -0.15) is 0 Å². The van der Waals surface area contributed by atoms with E-state index >= 15 is 4.39 Å². The first kappa shape index (κ1) is 29.5. The van der Waals surface area contributed by atoms with Crippen molar-refractivity contribution in [2.24, 2.45) is 11.1 Å². The smallest absolute Gasteiger partial charge is 0.323 e. The fourth-order valence-corrected chi connectivity index (χ4v) is 6.00. The molecule has 2 saturated heterocycles. The molecule has 0 radical (unpaired) electrons. The Morgan fingerprint density at radius 2 is 1.61 bits per heavy atom. The average molecular weight is 605 g/mol. The third kappa shape index (κ3) is 6.07. The Morgan fingerprint density at radius 1 is 0.932 bits per heavy atom. The lowest BCUT2D eigenvalue weighted by molar-refractivity contribution is -0.133. The Hall–Kier alpha value is -4.58. The van der Waals surface area contributed by atoms with Gasteiger partial charge in [-0.25, -0.2) is 18.6 Å². The number of piperidine rings is 1. The number of likely N-dealkylation sites (tertiary alicyclic amines) is 2. The molecule has 44 heavy (non-hydrogen) atoms. The molecule has 6 rings (SSSR count). The van der Waals surface area contributed by atoms with Crippen LogP contribution in [0.4, 0.5) is 30.8 Å². The zero-order valence-electron chi connectivity index (χ0n) is 24.2. The largest absolute Gasteiger partial charge is 0.457 e. The lowest BCUT2D eigenvalue weighted by Crippen LogP contribution is -2.47. The number of carbonyl (C=O) groups is 3. The Labute approximate surface area is 253 Å². The number of hydrogen-bond donors (Lipinski definition) is 2. The van der Waals surface area contributed by atoms with Crippen LogP contribution in [0.2, 0.25) is 0 Å². The van der Waals surface area contributed by atoms with Gasteiger partial charge in [0.25, 0.3) is 0 Å². The molecule has 3 fully saturated rings. The lowest BCUT2D eigenvalue weighted by atomic mass is 10.0. The Morgan fingerprint density at radius 3 is 2.25 bits per heavy atom. The van der Waals surface area contributed by atoms with Crippen molar-refractivity contribution in [1.82, 2.24) is 14.8 Å². The van der Waals surface area contributed by atoms with E-state index in [1.165, 1.54) is 43.3 Å². The highest BCUT2D eigenvalue weighted by atomic mass is 19.1. The molecule has 0 atom stereocenters. The molecule has 3 heterocycles. The molecular formula is C32H34F2N6O4. The highest BCUT2D eigenvalue weighted by Crippen LogP contribution is 2.49. The third-order valence-corrected chi connectivity index (χ3v) is 8.69. The summed E-state index contributed by atoms with van der Waals surface area (Å²) in [5.41, 5.74) is 4.13. The molecule has 0 unspecified atom stereocenters. The number of benzene rings is 2. The first-order valence-electron chi connectivity index (χ1n) is 14.9. The molecule has 1 aliphatic carbocycles. The number of amides is 4. The van der Waals surface area contributed by atoms with Gasteiger partial charge < -0.3 is 20.3 Å². The van der Waals surface area contributed by atoms with Gasteiger partial charge in [-0.15, -0.1) is 0 Å². The number of urea groups is 1. The molecule has 1 aromatic heterocycles. The molecule has 3 aliphatic rings. The van der Waals surface area contributed by atoms with E-state index in [1.807, 2.05) is 0 Å². The van der Waals surface area contributed by atoms with Gasteiger partial charge in [0.1, 0.15) is 28.5 Å². The minimum absolute atomic E-state index is 0.126. The monoisotopic (exact) mass is 604 g/mol. The van der Waals surface area contributed by atoms with Gasteiger partial charge in [-0.3, -0.25) is 19.8 Å². The predicted octanol–water partition coefficient (Wildman–Crippen LogP) is 5.17. The van der Waals surface area contributed by atoms with Crippen molar-refractivity contribution < 1.29 is 27.9 Å². The van der Waals surface area contributed by atoms with Crippen molar-refractivity contribution in [2.75, 3.05) is 36.4 Å². The second-order valence-corrected chi connectivity index (χ2v) is 11.5. The molecule has 4 amide bonds. The maximum absolute atomic E-state index is 15.6. The summed E-state index contributed by atoms with van der Waals surface area (Å²) in [5, 5.41) is 2.82. The minimum atomic E-state index is -1.43. The summed E-state index contributed by atoms with van der Waals surface area (Å²) < 4.78 is 35.1. The van der Waals surface area contributed by atoms with Gasteiger partial charge in [-0.05, 0) is 94.1 Å². The van der Waals surface area contributed by atoms with E-state index in [2.05, 4.69) is 15.2 Å². The summed E-state index contributed by atoms with van der Waals surface area (Å²) in [6.45, 7) is 3.63. The van der Waals surface area contributed by atoms with E-state index in [9.17, 15) is 18.8 Å². The van der Waals surface area contributed by atoms with E-state index in [0.717, 1.165) is 49.0 Å². The van der Waals surface area contributed by atoms with Gasteiger partial charge in [0.05, 0.1) is 5.69 Å². The summed E-state index contributed by atoms with van der Waals surface area (Å²) >= 11 is 0. The van der Waals surface area contributed by atoms with Crippen LogP contribution in [-0.2, 0) is 9.59 Å². The van der Waals surface area contributed by atoms with Crippen molar-refractivity contribution in [1.29, 1.82) is 0 Å². The molecule has 3 aromatic rings. The van der Waals surface area contributed by atoms with Gasteiger partial charge in [0.2, 0.25) is 11.8 Å². The van der Waals surface area contributed by atoms with Crippen molar-refractivity contribution >= 4 is 35.0 Å². The molecule has 3 N–H and O–H groups in total. The van der Waals surface area contributed by atoms with E-state index < -0.39 is 28.9 Å². The van der Waals surface area contributed by atoms with Gasteiger partial charge in [0, 0.05) is 43.1 Å². The summed E-state index contributed by atoms with van der Waals surface area (Å²) in [4.78, 5) is 48.1. The molecule has 0 bridgehead atoms. The quantitative estimate of drug-likeness (QED) is 0.342. The van der Waals surface area contributed by atoms with Gasteiger partial charge in [-0.1, -0.05) is 0 Å². The van der Waals surface area contributed by atoms with Crippen LogP contribution in [0.15, 0.2) is 60.8 Å². The molecule has 230 valence electrons. The number of carbonyl (C=O) groups excluding carboxylic acids is 3. The molecule has 2 aliphatic heterocycles. The van der Waals surface area contributed by atoms with E-state index in [0.29, 0.717) is 30.7 Å². The zero-order valence-corrected chi connectivity index (χ0v) is 24.2. The molecule has 12 heteroatoms. The predicted molar refractivity (Wildman–Crippen MR) is 160 cm³/mol. The number of pyridine rings is 1. The number of anilines is 3. The van der Waals surface area contributed by atoms with E-state index in [1.54, 1.807) is 17.0 Å². The fourth-order valence-electron chi connectivity index (χ4n) is 6.00. The maximum Gasteiger partial charge on any atom is 0.323 e. The fraction of sp³-hybridized carbons (Fsp3) is 0.375. The number of primary amides is 1. The number of halogens is 2. The molecule has 0 spiro atoms. The standard InChI is InChI=1S/C32H34F2N6O4/c33-21-3-5-23(6-4-21)40(30(42)32(12-13-32)29(35)41)27-8-7-24(19-26(27)34)44-25-9-14-36-28(20-25)37-31(43)39-17-10-22(11-18-39)38-15-1-2-16-38/h3-9,14,19-20,22H,1-2,10-13,15-18H2,(H2,35,41)(H,36,37,43). The highest BCUT2D eigenvalue weighted by Gasteiger charge is 2.57. The number of nitrogens with two attached hydrogens (primary N) is 1. The maximum atomic E-state index is 15.6. The summed E-state index contributed by atoms with van der Waals surface area (Å²) in [7, 11) is 0. The molecular weight excluding hydrogens is 570 g/mol. The van der Waals surface area contributed by atoms with Crippen LogP contribution in [0.3, 0.4) is 0 Å². The summed E-state index contributed by atoms with van der Waals surface area (Å²) in [6, 6.07) is 12.3. The Bertz CT molecular complexity index is 1550. The number of nitrogens with zero attached hydrogens (tertiary/aromatic N) is 4. The van der Waals surface area contributed by atoms with E-state index in [-0.39, 0.29) is 36.0 Å². The van der Waals surface area contributed by atoms with Crippen LogP contribution in [0.25, 0.3) is 0 Å². The number of ether oxygens (including phenoxy) is 1. The van der Waals surface area contributed by atoms with Gasteiger partial charge in [0.15, 0.2) is 5.82 Å². The molecule has 1 saturated carbocycles.